The van der Waals surface area contributed by atoms with E-state index >= 15 is 0 Å². The zero-order chi connectivity index (χ0) is 11.4. The highest BCUT2D eigenvalue weighted by molar-refractivity contribution is 6.31. The summed E-state index contributed by atoms with van der Waals surface area (Å²) in [7, 11) is 0. The normalized spacial score (nSPS) is 26.4. The number of rotatable bonds is 2. The second-order valence-corrected chi connectivity index (χ2v) is 5.17. The predicted octanol–water partition coefficient (Wildman–Crippen LogP) is 3.96. The molecule has 0 spiro atoms. The number of benzene rings is 1. The van der Waals surface area contributed by atoms with Crippen LogP contribution in [-0.2, 0) is 0 Å². The van der Waals surface area contributed by atoms with Gasteiger partial charge in [-0.15, -0.1) is 0 Å². The highest BCUT2D eigenvalue weighted by Crippen LogP contribution is 2.38. The summed E-state index contributed by atoms with van der Waals surface area (Å²) in [4.78, 5) is 0. The van der Waals surface area contributed by atoms with Gasteiger partial charge in [0, 0.05) is 5.02 Å². The lowest BCUT2D eigenvalue weighted by molar-refractivity contribution is 0.408. The Balaban J connectivity index is 2.25. The molecule has 2 N–H and O–H groups in total. The van der Waals surface area contributed by atoms with Crippen LogP contribution in [0.15, 0.2) is 24.3 Å². The van der Waals surface area contributed by atoms with E-state index in [1.165, 1.54) is 37.7 Å². The van der Waals surface area contributed by atoms with Crippen molar-refractivity contribution in [2.45, 2.75) is 38.0 Å². The van der Waals surface area contributed by atoms with Crippen LogP contribution in [0.4, 0.5) is 0 Å². The van der Waals surface area contributed by atoms with Crippen LogP contribution in [0.5, 0.6) is 0 Å². The fourth-order valence-electron chi connectivity index (χ4n) is 2.85. The first-order valence-electron chi connectivity index (χ1n) is 6.27. The van der Waals surface area contributed by atoms with E-state index in [2.05, 4.69) is 12.1 Å². The van der Waals surface area contributed by atoms with Crippen molar-refractivity contribution in [3.05, 3.63) is 34.9 Å². The first kappa shape index (κ1) is 11.9. The number of nitrogens with two attached hydrogens (primary N) is 1. The Morgan fingerprint density at radius 2 is 1.88 bits per heavy atom. The molecular weight excluding hydrogens is 218 g/mol. The summed E-state index contributed by atoms with van der Waals surface area (Å²) < 4.78 is 0. The maximum Gasteiger partial charge on any atom is 0.0440 e. The van der Waals surface area contributed by atoms with E-state index in [1.807, 2.05) is 12.1 Å². The molecule has 1 aromatic rings. The van der Waals surface area contributed by atoms with Gasteiger partial charge in [-0.2, -0.15) is 0 Å². The molecule has 2 atom stereocenters. The van der Waals surface area contributed by atoms with Gasteiger partial charge in [-0.05, 0) is 42.9 Å². The van der Waals surface area contributed by atoms with Crippen LogP contribution in [0.1, 0.15) is 43.6 Å². The molecule has 1 fully saturated rings. The maximum absolute atomic E-state index is 6.29. The van der Waals surface area contributed by atoms with Crippen molar-refractivity contribution in [1.82, 2.24) is 0 Å². The highest BCUT2D eigenvalue weighted by atomic mass is 35.5. The quantitative estimate of drug-likeness (QED) is 0.775. The molecule has 1 aliphatic rings. The van der Waals surface area contributed by atoms with Gasteiger partial charge >= 0.3 is 0 Å². The van der Waals surface area contributed by atoms with Gasteiger partial charge in [0.05, 0.1) is 0 Å². The number of hydrogen-bond donors (Lipinski definition) is 1. The van der Waals surface area contributed by atoms with Crippen molar-refractivity contribution in [3.63, 3.8) is 0 Å². The largest absolute Gasteiger partial charge is 0.330 e. The Bertz CT molecular complexity index is 337. The first-order valence-corrected chi connectivity index (χ1v) is 6.65. The Hall–Kier alpha value is -0.530. The van der Waals surface area contributed by atoms with E-state index in [0.717, 1.165) is 11.6 Å². The third-order valence-corrected chi connectivity index (χ3v) is 4.11. The summed E-state index contributed by atoms with van der Waals surface area (Å²) in [5.41, 5.74) is 7.21. The maximum atomic E-state index is 6.29. The topological polar surface area (TPSA) is 26.0 Å². The van der Waals surface area contributed by atoms with Gasteiger partial charge in [-0.3, -0.25) is 0 Å². The van der Waals surface area contributed by atoms with Crippen LogP contribution >= 0.6 is 11.6 Å². The van der Waals surface area contributed by atoms with E-state index in [0.29, 0.717) is 11.8 Å². The molecular formula is C14H20ClN. The second-order valence-electron chi connectivity index (χ2n) is 4.76. The molecule has 2 unspecified atom stereocenters. The average molecular weight is 238 g/mol. The van der Waals surface area contributed by atoms with Gasteiger partial charge in [0.2, 0.25) is 0 Å². The van der Waals surface area contributed by atoms with Gasteiger partial charge in [0.1, 0.15) is 0 Å². The van der Waals surface area contributed by atoms with E-state index < -0.39 is 0 Å². The summed E-state index contributed by atoms with van der Waals surface area (Å²) in [5.74, 6) is 1.18. The molecule has 0 aromatic heterocycles. The van der Waals surface area contributed by atoms with Crippen molar-refractivity contribution >= 4 is 11.6 Å². The molecule has 1 saturated carbocycles. The third-order valence-electron chi connectivity index (χ3n) is 3.77. The summed E-state index contributed by atoms with van der Waals surface area (Å²) in [6.07, 6.45) is 6.48. The number of hydrogen-bond acceptors (Lipinski definition) is 1. The van der Waals surface area contributed by atoms with Crippen LogP contribution in [-0.4, -0.2) is 6.54 Å². The van der Waals surface area contributed by atoms with Crippen LogP contribution in [0, 0.1) is 5.92 Å². The van der Waals surface area contributed by atoms with Crippen molar-refractivity contribution in [2.75, 3.05) is 6.54 Å². The Labute approximate surface area is 103 Å². The molecule has 88 valence electrons. The summed E-state index contributed by atoms with van der Waals surface area (Å²) in [6, 6.07) is 8.25. The van der Waals surface area contributed by atoms with Gasteiger partial charge in [0.25, 0.3) is 0 Å². The Kier molecular flexibility index (Phi) is 4.25. The first-order chi connectivity index (χ1) is 7.83. The molecule has 0 aliphatic heterocycles. The van der Waals surface area contributed by atoms with Gasteiger partial charge in [0.15, 0.2) is 0 Å². The SMILES string of the molecule is NCC1CCCCCC1c1ccccc1Cl. The van der Waals surface area contributed by atoms with E-state index in [9.17, 15) is 0 Å². The molecule has 0 heterocycles. The van der Waals surface area contributed by atoms with E-state index in [-0.39, 0.29) is 0 Å². The monoisotopic (exact) mass is 237 g/mol. The molecule has 0 saturated heterocycles. The molecule has 1 aromatic carbocycles. The lowest BCUT2D eigenvalue weighted by atomic mass is 9.82. The summed E-state index contributed by atoms with van der Waals surface area (Å²) >= 11 is 6.29. The van der Waals surface area contributed by atoms with Crippen LogP contribution in [0.2, 0.25) is 5.02 Å². The molecule has 0 amide bonds. The molecule has 1 nitrogen and oxygen atoms in total. The summed E-state index contributed by atoms with van der Waals surface area (Å²) in [5, 5.41) is 0.910. The minimum Gasteiger partial charge on any atom is -0.330 e. The van der Waals surface area contributed by atoms with Crippen LogP contribution in [0.3, 0.4) is 0 Å². The van der Waals surface area contributed by atoms with Gasteiger partial charge in [-0.1, -0.05) is 49.1 Å². The standard InChI is InChI=1S/C14H20ClN/c15-14-9-5-4-8-13(14)12-7-3-1-2-6-11(12)10-16/h4-5,8-9,11-12H,1-3,6-7,10,16H2. The molecule has 16 heavy (non-hydrogen) atoms. The predicted molar refractivity (Wildman–Crippen MR) is 69.8 cm³/mol. The Morgan fingerprint density at radius 1 is 1.12 bits per heavy atom. The average Bonchev–Trinajstić information content (AvgIpc) is 2.54. The number of halogens is 1. The van der Waals surface area contributed by atoms with Gasteiger partial charge < -0.3 is 5.73 Å². The lowest BCUT2D eigenvalue weighted by Gasteiger charge is -2.25. The smallest absolute Gasteiger partial charge is 0.0440 e. The van der Waals surface area contributed by atoms with Crippen molar-refractivity contribution in [3.8, 4) is 0 Å². The fourth-order valence-corrected chi connectivity index (χ4v) is 3.13. The summed E-state index contributed by atoms with van der Waals surface area (Å²) in [6.45, 7) is 0.788. The second kappa shape index (κ2) is 5.70. The zero-order valence-electron chi connectivity index (χ0n) is 9.66. The van der Waals surface area contributed by atoms with E-state index in [1.54, 1.807) is 0 Å². The van der Waals surface area contributed by atoms with Crippen LogP contribution < -0.4 is 5.73 Å². The molecule has 2 rings (SSSR count). The fraction of sp³-hybridized carbons (Fsp3) is 0.571. The minimum atomic E-state index is 0.571. The third kappa shape index (κ3) is 2.58. The molecule has 0 radical (unpaired) electrons. The molecule has 1 aliphatic carbocycles. The van der Waals surface area contributed by atoms with E-state index in [4.69, 9.17) is 17.3 Å². The minimum absolute atomic E-state index is 0.571. The zero-order valence-corrected chi connectivity index (χ0v) is 10.4. The van der Waals surface area contributed by atoms with Crippen molar-refractivity contribution in [2.24, 2.45) is 11.7 Å². The lowest BCUT2D eigenvalue weighted by Crippen LogP contribution is -2.21. The van der Waals surface area contributed by atoms with Crippen molar-refractivity contribution < 1.29 is 0 Å². The van der Waals surface area contributed by atoms with Crippen LogP contribution in [0.25, 0.3) is 0 Å². The van der Waals surface area contributed by atoms with Crippen molar-refractivity contribution in [1.29, 1.82) is 0 Å². The molecule has 2 heteroatoms. The highest BCUT2D eigenvalue weighted by Gasteiger charge is 2.25. The molecule has 0 bridgehead atoms. The Morgan fingerprint density at radius 3 is 2.62 bits per heavy atom. The van der Waals surface area contributed by atoms with Gasteiger partial charge in [-0.25, -0.2) is 0 Å².